The lowest BCUT2D eigenvalue weighted by atomic mass is 9.92. The predicted molar refractivity (Wildman–Crippen MR) is 112 cm³/mol. The molecule has 3 aromatic rings. The fraction of sp³-hybridized carbons (Fsp3) is 0.227. The molecule has 0 aliphatic carbocycles. The van der Waals surface area contributed by atoms with Gasteiger partial charge in [-0.2, -0.15) is 4.31 Å². The van der Waals surface area contributed by atoms with E-state index in [0.717, 1.165) is 22.5 Å². The van der Waals surface area contributed by atoms with E-state index in [1.54, 1.807) is 35.7 Å². The maximum absolute atomic E-state index is 13.8. The Hall–Kier alpha value is -2.55. The van der Waals surface area contributed by atoms with E-state index in [4.69, 9.17) is 4.74 Å². The molecule has 4 rings (SSSR count). The van der Waals surface area contributed by atoms with E-state index in [0.29, 0.717) is 6.42 Å². The van der Waals surface area contributed by atoms with Crippen LogP contribution >= 0.6 is 11.3 Å². The number of nitrogens with zero attached hydrogens (tertiary/aromatic N) is 1. The molecular formula is C22H20FNO4S2. The minimum absolute atomic E-state index is 0.143. The summed E-state index contributed by atoms with van der Waals surface area (Å²) < 4.78 is 47.1. The fourth-order valence-electron chi connectivity index (χ4n) is 3.64. The number of rotatable bonds is 6. The average Bonchev–Trinajstić information content (AvgIpc) is 3.29. The van der Waals surface area contributed by atoms with Crippen molar-refractivity contribution < 1.29 is 22.3 Å². The molecule has 0 N–H and O–H groups in total. The van der Waals surface area contributed by atoms with Crippen molar-refractivity contribution in [2.24, 2.45) is 0 Å². The van der Waals surface area contributed by atoms with Crippen molar-refractivity contribution in [2.45, 2.75) is 29.7 Å². The van der Waals surface area contributed by atoms with Crippen LogP contribution in [0.15, 0.2) is 70.3 Å². The second-order valence-corrected chi connectivity index (χ2v) is 10.0. The first kappa shape index (κ1) is 20.7. The highest BCUT2D eigenvalue weighted by Crippen LogP contribution is 2.37. The van der Waals surface area contributed by atoms with Crippen molar-refractivity contribution in [3.05, 3.63) is 88.6 Å². The molecule has 0 saturated heterocycles. The monoisotopic (exact) mass is 445 g/mol. The van der Waals surface area contributed by atoms with Crippen LogP contribution in [0, 0.1) is 5.82 Å². The molecule has 30 heavy (non-hydrogen) atoms. The zero-order chi connectivity index (χ0) is 21.1. The van der Waals surface area contributed by atoms with Crippen molar-refractivity contribution in [2.75, 3.05) is 6.54 Å². The van der Waals surface area contributed by atoms with Gasteiger partial charge in [0.2, 0.25) is 0 Å². The number of thiophene rings is 1. The zero-order valence-corrected chi connectivity index (χ0v) is 17.7. The molecule has 1 atom stereocenters. The van der Waals surface area contributed by atoms with Crippen LogP contribution in [0.3, 0.4) is 0 Å². The molecule has 2 heterocycles. The molecule has 1 aliphatic rings. The summed E-state index contributed by atoms with van der Waals surface area (Å²) in [6.45, 7) is 0.0834. The SMILES string of the molecule is O=C(CC1c2ccccc2CCN1S(=O)(=O)c1cccs1)OCc1ccccc1F. The van der Waals surface area contributed by atoms with Gasteiger partial charge in [0.1, 0.15) is 16.6 Å². The molecule has 2 aromatic carbocycles. The number of hydrogen-bond donors (Lipinski definition) is 0. The standard InChI is InChI=1S/C22H20FNO4S2/c23-19-9-4-2-7-17(19)15-28-21(25)14-20-18-8-3-1-6-16(18)11-12-24(20)30(26,27)22-10-5-13-29-22/h1-10,13,20H,11-12,14-15H2. The van der Waals surface area contributed by atoms with Gasteiger partial charge < -0.3 is 4.74 Å². The molecule has 0 fully saturated rings. The molecule has 156 valence electrons. The average molecular weight is 446 g/mol. The minimum Gasteiger partial charge on any atom is -0.461 e. The van der Waals surface area contributed by atoms with E-state index >= 15 is 0 Å². The van der Waals surface area contributed by atoms with Gasteiger partial charge in [0.05, 0.1) is 12.5 Å². The summed E-state index contributed by atoms with van der Waals surface area (Å²) in [5.74, 6) is -1.03. The van der Waals surface area contributed by atoms with Crippen LogP contribution in [0.2, 0.25) is 0 Å². The topological polar surface area (TPSA) is 63.7 Å². The van der Waals surface area contributed by atoms with E-state index in [9.17, 15) is 17.6 Å². The quantitative estimate of drug-likeness (QED) is 0.531. The normalized spacial score (nSPS) is 16.8. The second-order valence-electron chi connectivity index (χ2n) is 6.97. The second kappa shape index (κ2) is 8.67. The smallest absolute Gasteiger partial charge is 0.308 e. The van der Waals surface area contributed by atoms with Gasteiger partial charge in [-0.25, -0.2) is 12.8 Å². The van der Waals surface area contributed by atoms with E-state index in [1.165, 1.54) is 10.4 Å². The lowest BCUT2D eigenvalue weighted by Crippen LogP contribution is -2.40. The molecule has 0 spiro atoms. The number of ether oxygens (including phenoxy) is 1. The number of fused-ring (bicyclic) bond motifs is 1. The molecule has 0 saturated carbocycles. The number of carbonyl (C=O) groups excluding carboxylic acids is 1. The van der Waals surface area contributed by atoms with Gasteiger partial charge in [0.25, 0.3) is 10.0 Å². The molecule has 0 bridgehead atoms. The lowest BCUT2D eigenvalue weighted by molar-refractivity contribution is -0.146. The molecule has 0 amide bonds. The molecule has 8 heteroatoms. The van der Waals surface area contributed by atoms with Crippen LogP contribution in [-0.4, -0.2) is 25.2 Å². The van der Waals surface area contributed by atoms with Gasteiger partial charge >= 0.3 is 5.97 Å². The van der Waals surface area contributed by atoms with Gasteiger partial charge in [-0.15, -0.1) is 11.3 Å². The van der Waals surface area contributed by atoms with E-state index in [2.05, 4.69) is 0 Å². The summed E-state index contributed by atoms with van der Waals surface area (Å²) in [6, 6.07) is 16.2. The number of esters is 1. The van der Waals surface area contributed by atoms with Crippen molar-refractivity contribution in [1.82, 2.24) is 4.31 Å². The van der Waals surface area contributed by atoms with E-state index in [1.807, 2.05) is 24.3 Å². The Balaban J connectivity index is 1.58. The predicted octanol–water partition coefficient (Wildman–Crippen LogP) is 4.31. The van der Waals surface area contributed by atoms with Gasteiger partial charge in [-0.3, -0.25) is 4.79 Å². The number of halogens is 1. The zero-order valence-electron chi connectivity index (χ0n) is 16.0. The minimum atomic E-state index is -3.75. The summed E-state index contributed by atoms with van der Waals surface area (Å²) in [5, 5.41) is 1.71. The molecule has 0 radical (unpaired) electrons. The number of hydrogen-bond acceptors (Lipinski definition) is 5. The van der Waals surface area contributed by atoms with Crippen molar-refractivity contribution in [1.29, 1.82) is 0 Å². The Morgan fingerprint density at radius 2 is 1.87 bits per heavy atom. The third kappa shape index (κ3) is 4.16. The van der Waals surface area contributed by atoms with Crippen LogP contribution in [0.25, 0.3) is 0 Å². The highest BCUT2D eigenvalue weighted by atomic mass is 32.2. The molecule has 1 unspecified atom stereocenters. The third-order valence-electron chi connectivity index (χ3n) is 5.13. The van der Waals surface area contributed by atoms with Gasteiger partial charge in [0.15, 0.2) is 0 Å². The fourth-order valence-corrected chi connectivity index (χ4v) is 6.37. The Morgan fingerprint density at radius 3 is 2.63 bits per heavy atom. The summed E-state index contributed by atoms with van der Waals surface area (Å²) >= 11 is 1.15. The molecule has 1 aliphatic heterocycles. The summed E-state index contributed by atoms with van der Waals surface area (Å²) in [5.41, 5.74) is 2.09. The maximum Gasteiger partial charge on any atom is 0.308 e. The van der Waals surface area contributed by atoms with Crippen LogP contribution in [0.4, 0.5) is 4.39 Å². The van der Waals surface area contributed by atoms with Crippen LogP contribution in [-0.2, 0) is 32.6 Å². The Kier molecular flexibility index (Phi) is 5.99. The Labute approximate surface area is 178 Å². The number of carbonyl (C=O) groups is 1. The molecule has 5 nitrogen and oxygen atoms in total. The third-order valence-corrected chi connectivity index (χ3v) is 8.41. The van der Waals surface area contributed by atoms with Crippen LogP contribution in [0.1, 0.15) is 29.2 Å². The van der Waals surface area contributed by atoms with Crippen LogP contribution < -0.4 is 0 Å². The van der Waals surface area contributed by atoms with Crippen molar-refractivity contribution in [3.8, 4) is 0 Å². The first-order chi connectivity index (χ1) is 14.5. The van der Waals surface area contributed by atoms with E-state index < -0.39 is 27.9 Å². The van der Waals surface area contributed by atoms with Crippen molar-refractivity contribution >= 4 is 27.3 Å². The number of benzene rings is 2. The van der Waals surface area contributed by atoms with Crippen molar-refractivity contribution in [3.63, 3.8) is 0 Å². The maximum atomic E-state index is 13.8. The highest BCUT2D eigenvalue weighted by molar-refractivity contribution is 7.91. The van der Waals surface area contributed by atoms with Gasteiger partial charge in [-0.05, 0) is 35.1 Å². The van der Waals surface area contributed by atoms with E-state index in [-0.39, 0.29) is 29.3 Å². The Bertz CT molecular complexity index is 1150. The van der Waals surface area contributed by atoms with Gasteiger partial charge in [0, 0.05) is 12.1 Å². The molecular weight excluding hydrogens is 425 g/mol. The largest absolute Gasteiger partial charge is 0.461 e. The summed E-state index contributed by atoms with van der Waals surface area (Å²) in [4.78, 5) is 12.6. The summed E-state index contributed by atoms with van der Waals surface area (Å²) in [7, 11) is -3.75. The van der Waals surface area contributed by atoms with Gasteiger partial charge in [-0.1, -0.05) is 48.5 Å². The number of sulfonamides is 1. The Morgan fingerprint density at radius 1 is 1.10 bits per heavy atom. The first-order valence-electron chi connectivity index (χ1n) is 9.49. The summed E-state index contributed by atoms with van der Waals surface area (Å²) in [6.07, 6.45) is 0.428. The van der Waals surface area contributed by atoms with Crippen LogP contribution in [0.5, 0.6) is 0 Å². The highest BCUT2D eigenvalue weighted by Gasteiger charge is 2.38. The first-order valence-corrected chi connectivity index (χ1v) is 11.8. The lowest BCUT2D eigenvalue weighted by Gasteiger charge is -2.35. The molecule has 1 aromatic heterocycles.